The molecule has 1 aromatic carbocycles. The number of nitrogens with one attached hydrogen (secondary N) is 1. The van der Waals surface area contributed by atoms with Crippen LogP contribution in [0.2, 0.25) is 0 Å². The highest BCUT2D eigenvalue weighted by Crippen LogP contribution is 2.10. The third kappa shape index (κ3) is 5.52. The van der Waals surface area contributed by atoms with Crippen LogP contribution in [0.4, 0.5) is 10.3 Å². The SMILES string of the molecule is CCCCN(C)C(=O)c1cc(C)nc(NCCc2ccccc2F)n1. The molecule has 0 saturated carbocycles. The van der Waals surface area contributed by atoms with E-state index in [9.17, 15) is 9.18 Å². The monoisotopic (exact) mass is 344 g/mol. The molecule has 0 atom stereocenters. The molecule has 6 heteroatoms. The number of benzene rings is 1. The number of amides is 1. The van der Waals surface area contributed by atoms with E-state index in [-0.39, 0.29) is 11.7 Å². The molecule has 1 aromatic heterocycles. The minimum absolute atomic E-state index is 0.115. The minimum Gasteiger partial charge on any atom is -0.354 e. The Labute approximate surface area is 148 Å². The van der Waals surface area contributed by atoms with E-state index in [2.05, 4.69) is 22.2 Å². The topological polar surface area (TPSA) is 58.1 Å². The van der Waals surface area contributed by atoms with Gasteiger partial charge in [0.05, 0.1) is 0 Å². The lowest BCUT2D eigenvalue weighted by atomic mass is 10.1. The highest BCUT2D eigenvalue weighted by atomic mass is 19.1. The molecular formula is C19H25FN4O. The summed E-state index contributed by atoms with van der Waals surface area (Å²) in [4.78, 5) is 22.7. The van der Waals surface area contributed by atoms with Crippen LogP contribution < -0.4 is 5.32 Å². The molecule has 0 unspecified atom stereocenters. The molecule has 0 fully saturated rings. The van der Waals surface area contributed by atoms with Gasteiger partial charge in [0.1, 0.15) is 11.5 Å². The molecule has 0 spiro atoms. The normalized spacial score (nSPS) is 10.6. The fourth-order valence-electron chi connectivity index (χ4n) is 2.46. The van der Waals surface area contributed by atoms with Crippen LogP contribution in [-0.4, -0.2) is 40.9 Å². The first-order valence-electron chi connectivity index (χ1n) is 8.59. The second-order valence-corrected chi connectivity index (χ2v) is 6.07. The molecule has 1 amide bonds. The third-order valence-corrected chi connectivity index (χ3v) is 3.90. The van der Waals surface area contributed by atoms with Crippen molar-refractivity contribution in [1.82, 2.24) is 14.9 Å². The van der Waals surface area contributed by atoms with Gasteiger partial charge in [-0.15, -0.1) is 0 Å². The molecule has 0 aliphatic heterocycles. The summed E-state index contributed by atoms with van der Waals surface area (Å²) in [5, 5.41) is 3.08. The molecule has 1 N–H and O–H groups in total. The molecule has 5 nitrogen and oxygen atoms in total. The van der Waals surface area contributed by atoms with Gasteiger partial charge in [0.2, 0.25) is 5.95 Å². The Morgan fingerprint density at radius 3 is 2.76 bits per heavy atom. The summed E-state index contributed by atoms with van der Waals surface area (Å²) in [6, 6.07) is 8.37. The molecule has 134 valence electrons. The number of aryl methyl sites for hydroxylation is 1. The van der Waals surface area contributed by atoms with Crippen molar-refractivity contribution in [1.29, 1.82) is 0 Å². The van der Waals surface area contributed by atoms with E-state index in [4.69, 9.17) is 0 Å². The van der Waals surface area contributed by atoms with Crippen molar-refractivity contribution < 1.29 is 9.18 Å². The van der Waals surface area contributed by atoms with Crippen molar-refractivity contribution in [2.45, 2.75) is 33.1 Å². The quantitative estimate of drug-likeness (QED) is 0.797. The summed E-state index contributed by atoms with van der Waals surface area (Å²) in [6.45, 7) is 5.11. The molecule has 2 aromatic rings. The van der Waals surface area contributed by atoms with Crippen LogP contribution >= 0.6 is 0 Å². The van der Waals surface area contributed by atoms with Gasteiger partial charge >= 0.3 is 0 Å². The zero-order chi connectivity index (χ0) is 18.2. The van der Waals surface area contributed by atoms with Gasteiger partial charge in [0.15, 0.2) is 0 Å². The maximum absolute atomic E-state index is 13.6. The predicted molar refractivity (Wildman–Crippen MR) is 97.2 cm³/mol. The summed E-state index contributed by atoms with van der Waals surface area (Å²) >= 11 is 0. The second-order valence-electron chi connectivity index (χ2n) is 6.07. The molecular weight excluding hydrogens is 319 g/mol. The Balaban J connectivity index is 2.01. The zero-order valence-electron chi connectivity index (χ0n) is 15.1. The number of halogens is 1. The van der Waals surface area contributed by atoms with Crippen molar-refractivity contribution >= 4 is 11.9 Å². The van der Waals surface area contributed by atoms with Gasteiger partial charge in [0.25, 0.3) is 5.91 Å². The summed E-state index contributed by atoms with van der Waals surface area (Å²) in [5.74, 6) is 0.0579. The number of hydrogen-bond acceptors (Lipinski definition) is 4. The lowest BCUT2D eigenvalue weighted by molar-refractivity contribution is 0.0787. The molecule has 25 heavy (non-hydrogen) atoms. The average Bonchev–Trinajstić information content (AvgIpc) is 2.60. The third-order valence-electron chi connectivity index (χ3n) is 3.90. The van der Waals surface area contributed by atoms with E-state index in [1.807, 2.05) is 13.0 Å². The van der Waals surface area contributed by atoms with Crippen molar-refractivity contribution in [2.75, 3.05) is 25.5 Å². The van der Waals surface area contributed by atoms with E-state index < -0.39 is 0 Å². The van der Waals surface area contributed by atoms with Crippen molar-refractivity contribution in [3.05, 3.63) is 53.1 Å². The summed E-state index contributed by atoms with van der Waals surface area (Å²) in [5.41, 5.74) is 1.73. The number of carbonyl (C=O) groups excluding carboxylic acids is 1. The Morgan fingerprint density at radius 2 is 2.04 bits per heavy atom. The van der Waals surface area contributed by atoms with Crippen LogP contribution in [0.25, 0.3) is 0 Å². The second kappa shape index (κ2) is 9.11. The number of aromatic nitrogens is 2. The molecule has 0 aliphatic rings. The lowest BCUT2D eigenvalue weighted by Gasteiger charge is -2.17. The first kappa shape index (κ1) is 18.8. The predicted octanol–water partition coefficient (Wildman–Crippen LogP) is 3.45. The maximum Gasteiger partial charge on any atom is 0.272 e. The number of unbranched alkanes of at least 4 members (excludes halogenated alkanes) is 1. The van der Waals surface area contributed by atoms with Crippen LogP contribution in [0.3, 0.4) is 0 Å². The molecule has 0 aliphatic carbocycles. The van der Waals surface area contributed by atoms with Gasteiger partial charge in [-0.2, -0.15) is 0 Å². The molecule has 2 rings (SSSR count). The minimum atomic E-state index is -0.220. The smallest absolute Gasteiger partial charge is 0.272 e. The number of rotatable bonds is 8. The Hall–Kier alpha value is -2.50. The number of nitrogens with zero attached hydrogens (tertiary/aromatic N) is 3. The molecule has 0 radical (unpaired) electrons. The maximum atomic E-state index is 13.6. The first-order valence-corrected chi connectivity index (χ1v) is 8.59. The van der Waals surface area contributed by atoms with Crippen LogP contribution in [0.1, 0.15) is 41.5 Å². The van der Waals surface area contributed by atoms with E-state index in [0.29, 0.717) is 36.7 Å². The van der Waals surface area contributed by atoms with E-state index in [1.165, 1.54) is 6.07 Å². The van der Waals surface area contributed by atoms with Crippen LogP contribution in [0.5, 0.6) is 0 Å². The summed E-state index contributed by atoms with van der Waals surface area (Å²) in [7, 11) is 1.78. The Kier molecular flexibility index (Phi) is 6.86. The van der Waals surface area contributed by atoms with Gasteiger partial charge in [0, 0.05) is 25.8 Å². The van der Waals surface area contributed by atoms with Gasteiger partial charge in [-0.25, -0.2) is 14.4 Å². The Morgan fingerprint density at radius 1 is 1.28 bits per heavy atom. The average molecular weight is 344 g/mol. The summed E-state index contributed by atoms with van der Waals surface area (Å²) < 4.78 is 13.6. The van der Waals surface area contributed by atoms with Crippen molar-refractivity contribution in [3.63, 3.8) is 0 Å². The van der Waals surface area contributed by atoms with Crippen molar-refractivity contribution in [3.8, 4) is 0 Å². The van der Waals surface area contributed by atoms with Crippen LogP contribution in [0, 0.1) is 12.7 Å². The van der Waals surface area contributed by atoms with Gasteiger partial charge < -0.3 is 10.2 Å². The molecule has 0 saturated heterocycles. The van der Waals surface area contributed by atoms with Crippen LogP contribution in [-0.2, 0) is 6.42 Å². The standard InChI is InChI=1S/C19H25FN4O/c1-4-5-12-24(3)18(25)17-13-14(2)22-19(23-17)21-11-10-15-8-6-7-9-16(15)20/h6-9,13H,4-5,10-12H2,1-3H3,(H,21,22,23). The van der Waals surface area contributed by atoms with Crippen LogP contribution in [0.15, 0.2) is 30.3 Å². The largest absolute Gasteiger partial charge is 0.354 e. The van der Waals surface area contributed by atoms with E-state index in [1.54, 1.807) is 30.1 Å². The number of carbonyl (C=O) groups is 1. The zero-order valence-corrected chi connectivity index (χ0v) is 15.1. The van der Waals surface area contributed by atoms with Gasteiger partial charge in [-0.3, -0.25) is 4.79 Å². The fraction of sp³-hybridized carbons (Fsp3) is 0.421. The van der Waals surface area contributed by atoms with E-state index in [0.717, 1.165) is 18.5 Å². The van der Waals surface area contributed by atoms with Crippen molar-refractivity contribution in [2.24, 2.45) is 0 Å². The number of hydrogen-bond donors (Lipinski definition) is 1. The fourth-order valence-corrected chi connectivity index (χ4v) is 2.46. The highest BCUT2D eigenvalue weighted by molar-refractivity contribution is 5.92. The number of anilines is 1. The van der Waals surface area contributed by atoms with Gasteiger partial charge in [-0.1, -0.05) is 31.5 Å². The Bertz CT molecular complexity index is 720. The highest BCUT2D eigenvalue weighted by Gasteiger charge is 2.15. The molecule has 1 heterocycles. The first-order chi connectivity index (χ1) is 12.0. The summed E-state index contributed by atoms with van der Waals surface area (Å²) in [6.07, 6.45) is 2.51. The lowest BCUT2D eigenvalue weighted by Crippen LogP contribution is -2.29. The van der Waals surface area contributed by atoms with E-state index >= 15 is 0 Å². The van der Waals surface area contributed by atoms with Gasteiger partial charge in [-0.05, 0) is 37.5 Å². The molecule has 0 bridgehead atoms.